The molecule has 4 N–H and O–H groups in total. The number of Topliss-reactive ketones (excluding diaryl/α,β-unsaturated/α-hetero) is 2. The second-order valence-corrected chi connectivity index (χ2v) is 14.7. The van der Waals surface area contributed by atoms with E-state index in [1.807, 2.05) is 0 Å². The largest absolute Gasteiger partial charge is 0.378 e. The van der Waals surface area contributed by atoms with Crippen LogP contribution in [0.2, 0.25) is 0 Å². The Morgan fingerprint density at radius 3 is 2.38 bits per heavy atom. The van der Waals surface area contributed by atoms with Gasteiger partial charge in [0.1, 0.15) is 53.9 Å². The molecule has 0 radical (unpaired) electrons. The molecule has 3 aromatic heterocycles. The Morgan fingerprint density at radius 2 is 1.65 bits per heavy atom. The number of carbonyl (C=O) groups is 5. The fourth-order valence-corrected chi connectivity index (χ4v) is 6.55. The first-order valence-electron chi connectivity index (χ1n) is 19.4. The Balaban J connectivity index is 1.07. The molecular weight excluding hydrogens is 849 g/mol. The van der Waals surface area contributed by atoms with Gasteiger partial charge in [0.15, 0.2) is 11.6 Å². The van der Waals surface area contributed by atoms with Crippen LogP contribution in [0, 0.1) is 6.92 Å². The van der Waals surface area contributed by atoms with Crippen LogP contribution in [0.5, 0.6) is 0 Å². The number of nitrogens with two attached hydrogens (primary N) is 1. The molecule has 4 heterocycles. The van der Waals surface area contributed by atoms with E-state index in [4.69, 9.17) is 24.7 Å². The minimum absolute atomic E-state index is 0.0742. The van der Waals surface area contributed by atoms with Crippen LogP contribution in [-0.4, -0.2) is 144 Å². The van der Waals surface area contributed by atoms with Gasteiger partial charge in [0.05, 0.1) is 51.7 Å². The van der Waals surface area contributed by atoms with Gasteiger partial charge in [0, 0.05) is 62.6 Å². The molecule has 1 aliphatic rings. The highest BCUT2D eigenvalue weighted by Gasteiger charge is 2.40. The molecule has 5 rings (SSSR count). The van der Waals surface area contributed by atoms with Crippen molar-refractivity contribution in [3.8, 4) is 11.1 Å². The molecule has 18 nitrogen and oxygen atoms in total. The molecule has 3 amide bonds. The number of aromatic nitrogens is 5. The lowest BCUT2D eigenvalue weighted by molar-refractivity contribution is -0.137. The summed E-state index contributed by atoms with van der Waals surface area (Å²) >= 11 is 3.28. The number of anilines is 1. The molecule has 1 aliphatic heterocycles. The quantitative estimate of drug-likeness (QED) is 0.0521. The average Bonchev–Trinajstić information content (AvgIpc) is 3.81. The van der Waals surface area contributed by atoms with Crippen LogP contribution in [0.1, 0.15) is 41.6 Å². The van der Waals surface area contributed by atoms with E-state index < -0.39 is 24.0 Å². The Labute approximate surface area is 354 Å². The average molecular weight is 899 g/mol. The minimum atomic E-state index is -1.39. The van der Waals surface area contributed by atoms with Gasteiger partial charge in [0.25, 0.3) is 0 Å². The standard InChI is InChI=1S/C40H49BrFN9O9/c1-25-3-7-34(41)47-39(25)48-40(56)33-18-29(42)21-50(33)37(55)22-51-32-6-4-27(17-31(32)38(49-51)26(2)52)28-19-45-35(46-20-28)8-5-30(53)23-59-15-14-58-12-10-44-36(54)24-60-16-13-57-11-9-43/h3-4,6-7,17,19-20,29,33H,5,8-16,18,21-24,43H2,1-2H3,(H,44,54)(H,47,48,56)/t29-,33+/m1/s1. The monoisotopic (exact) mass is 897 g/mol. The number of pyridine rings is 1. The summed E-state index contributed by atoms with van der Waals surface area (Å²) in [6.45, 7) is 5.02. The molecule has 20 heteroatoms. The number of likely N-dealkylation sites (tertiary alicyclic amines) is 1. The molecule has 60 heavy (non-hydrogen) atoms. The van der Waals surface area contributed by atoms with Gasteiger partial charge in [0.2, 0.25) is 17.7 Å². The Morgan fingerprint density at radius 1 is 0.933 bits per heavy atom. The lowest BCUT2D eigenvalue weighted by Crippen LogP contribution is -2.44. The summed E-state index contributed by atoms with van der Waals surface area (Å²) in [7, 11) is 0. The number of nitrogens with one attached hydrogen (secondary N) is 2. The van der Waals surface area contributed by atoms with E-state index in [-0.39, 0.29) is 82.1 Å². The third-order valence-electron chi connectivity index (χ3n) is 9.28. The molecule has 0 spiro atoms. The molecular formula is C40H49BrFN9O9. The number of hydrogen-bond donors (Lipinski definition) is 3. The van der Waals surface area contributed by atoms with Crippen molar-refractivity contribution >= 4 is 61.9 Å². The number of rotatable bonds is 24. The summed E-state index contributed by atoms with van der Waals surface area (Å²) in [5.74, 6) is -1.01. The van der Waals surface area contributed by atoms with E-state index in [2.05, 4.69) is 46.6 Å². The summed E-state index contributed by atoms with van der Waals surface area (Å²) in [6.07, 6.45) is 2.17. The molecule has 0 saturated carbocycles. The smallest absolute Gasteiger partial charge is 0.248 e. The first kappa shape index (κ1) is 46.0. The van der Waals surface area contributed by atoms with Crippen molar-refractivity contribution in [3.63, 3.8) is 0 Å². The Kier molecular flexibility index (Phi) is 17.6. The van der Waals surface area contributed by atoms with Crippen LogP contribution in [0.15, 0.2) is 47.3 Å². The molecule has 0 aliphatic carbocycles. The second kappa shape index (κ2) is 23.0. The zero-order valence-electron chi connectivity index (χ0n) is 33.5. The molecule has 2 atom stereocenters. The number of ether oxygens (including phenoxy) is 4. The van der Waals surface area contributed by atoms with Crippen LogP contribution < -0.4 is 16.4 Å². The highest BCUT2D eigenvalue weighted by Crippen LogP contribution is 2.28. The van der Waals surface area contributed by atoms with E-state index >= 15 is 0 Å². The number of carbonyl (C=O) groups excluding carboxylic acids is 5. The van der Waals surface area contributed by atoms with E-state index in [0.717, 1.165) is 0 Å². The first-order valence-corrected chi connectivity index (χ1v) is 20.2. The van der Waals surface area contributed by atoms with Crippen molar-refractivity contribution in [1.82, 2.24) is 34.9 Å². The SMILES string of the molecule is CC(=O)c1nn(CC(=O)N2C[C@H](F)C[C@H]2C(=O)Nc2nc(Br)ccc2C)c2ccc(-c3cnc(CCC(=O)COCCOCCNC(=O)COCCOCCN)nc3)cc12. The van der Waals surface area contributed by atoms with Gasteiger partial charge < -0.3 is 40.2 Å². The highest BCUT2D eigenvalue weighted by molar-refractivity contribution is 9.10. The van der Waals surface area contributed by atoms with Crippen LogP contribution in [0.4, 0.5) is 10.2 Å². The zero-order valence-corrected chi connectivity index (χ0v) is 35.1. The van der Waals surface area contributed by atoms with E-state index in [1.165, 1.54) is 16.5 Å². The normalized spacial score (nSPS) is 15.1. The first-order chi connectivity index (χ1) is 28.9. The lowest BCUT2D eigenvalue weighted by Gasteiger charge is -2.24. The number of ketones is 2. The van der Waals surface area contributed by atoms with Crippen molar-refractivity contribution < 1.29 is 47.3 Å². The molecule has 1 saturated heterocycles. The maximum atomic E-state index is 14.7. The number of hydrogen-bond acceptors (Lipinski definition) is 14. The topological polar surface area (TPSA) is 232 Å². The predicted molar refractivity (Wildman–Crippen MR) is 220 cm³/mol. The van der Waals surface area contributed by atoms with E-state index in [0.29, 0.717) is 83.2 Å². The molecule has 4 aromatic rings. The van der Waals surface area contributed by atoms with E-state index in [1.54, 1.807) is 49.6 Å². The van der Waals surface area contributed by atoms with Crippen molar-refractivity contribution in [1.29, 1.82) is 0 Å². The number of benzene rings is 1. The summed E-state index contributed by atoms with van der Waals surface area (Å²) in [6, 6.07) is 7.71. The van der Waals surface area contributed by atoms with Gasteiger partial charge in [-0.1, -0.05) is 12.1 Å². The fourth-order valence-electron chi connectivity index (χ4n) is 6.24. The zero-order chi connectivity index (χ0) is 43.0. The summed E-state index contributed by atoms with van der Waals surface area (Å²) < 4.78 is 37.8. The van der Waals surface area contributed by atoms with Crippen LogP contribution in [0.3, 0.4) is 0 Å². The number of aryl methyl sites for hydroxylation is 2. The minimum Gasteiger partial charge on any atom is -0.378 e. The lowest BCUT2D eigenvalue weighted by atomic mass is 10.0. The third-order valence-corrected chi connectivity index (χ3v) is 9.73. The van der Waals surface area contributed by atoms with Gasteiger partial charge in [-0.3, -0.25) is 28.7 Å². The number of halogens is 2. The van der Waals surface area contributed by atoms with Crippen molar-refractivity contribution in [2.45, 2.75) is 51.9 Å². The maximum Gasteiger partial charge on any atom is 0.248 e. The number of alkyl halides is 1. The van der Waals surface area contributed by atoms with Crippen molar-refractivity contribution in [2.75, 3.05) is 77.8 Å². The van der Waals surface area contributed by atoms with Crippen molar-refractivity contribution in [3.05, 3.63) is 64.4 Å². The third kappa shape index (κ3) is 13.4. The van der Waals surface area contributed by atoms with Gasteiger partial charge in [-0.15, -0.1) is 0 Å². The van der Waals surface area contributed by atoms with Gasteiger partial charge in [-0.2, -0.15) is 5.10 Å². The Bertz CT molecular complexity index is 2120. The molecule has 1 fully saturated rings. The molecule has 0 unspecified atom stereocenters. The molecule has 1 aromatic carbocycles. The van der Waals surface area contributed by atoms with Gasteiger partial charge in [-0.05, 0) is 52.2 Å². The van der Waals surface area contributed by atoms with Gasteiger partial charge >= 0.3 is 0 Å². The van der Waals surface area contributed by atoms with Gasteiger partial charge in [-0.25, -0.2) is 19.3 Å². The Hall–Kier alpha value is -5.12. The molecule has 0 bridgehead atoms. The number of amides is 3. The number of nitrogens with zero attached hydrogens (tertiary/aromatic N) is 6. The summed E-state index contributed by atoms with van der Waals surface area (Å²) in [5.41, 5.74) is 8.02. The van der Waals surface area contributed by atoms with Crippen molar-refractivity contribution in [2.24, 2.45) is 5.73 Å². The predicted octanol–water partition coefficient (Wildman–Crippen LogP) is 2.38. The second-order valence-electron chi connectivity index (χ2n) is 13.9. The summed E-state index contributed by atoms with van der Waals surface area (Å²) in [4.78, 5) is 78.0. The fraction of sp³-hybridized carbons (Fsp3) is 0.475. The molecule has 322 valence electrons. The maximum absolute atomic E-state index is 14.7. The van der Waals surface area contributed by atoms with Crippen LogP contribution in [-0.2, 0) is 51.1 Å². The van der Waals surface area contributed by atoms with Crippen LogP contribution >= 0.6 is 15.9 Å². The highest BCUT2D eigenvalue weighted by atomic mass is 79.9. The van der Waals surface area contributed by atoms with Crippen LogP contribution in [0.25, 0.3) is 22.0 Å². The summed E-state index contributed by atoms with van der Waals surface area (Å²) in [5, 5.41) is 10.3. The number of fused-ring (bicyclic) bond motifs is 1. The van der Waals surface area contributed by atoms with E-state index in [9.17, 15) is 28.4 Å².